The summed E-state index contributed by atoms with van der Waals surface area (Å²) in [5.74, 6) is -2.66. The van der Waals surface area contributed by atoms with Gasteiger partial charge in [-0.25, -0.2) is 0 Å². The van der Waals surface area contributed by atoms with Crippen molar-refractivity contribution in [2.24, 2.45) is 11.3 Å². The quantitative estimate of drug-likeness (QED) is 0.408. The van der Waals surface area contributed by atoms with Crippen LogP contribution in [-0.2, 0) is 19.1 Å². The van der Waals surface area contributed by atoms with Crippen LogP contribution in [0.15, 0.2) is 24.3 Å². The molecule has 1 aliphatic heterocycles. The lowest BCUT2D eigenvalue weighted by Gasteiger charge is -2.34. The monoisotopic (exact) mass is 250 g/mol. The van der Waals surface area contributed by atoms with Crippen molar-refractivity contribution < 1.29 is 24.2 Å². The van der Waals surface area contributed by atoms with Crippen LogP contribution < -0.4 is 0 Å². The molecular formula is C13H14O5. The predicted octanol–water partition coefficient (Wildman–Crippen LogP) is 0.179. The standard InChI is InChI=1S/C13H14O5/c1-3-4-8-5-6-9(14)11(16)13(8)10(15)7(2)18-12(13)17/h3-8,11,16H,1-2H3/b4-3-/t7-,8-,11+,13+/m0/s1. The Morgan fingerprint density at radius 1 is 1.39 bits per heavy atom. The van der Waals surface area contributed by atoms with Crippen LogP contribution in [0.3, 0.4) is 0 Å². The third-order valence-electron chi connectivity index (χ3n) is 3.49. The molecule has 1 N–H and O–H groups in total. The molecule has 5 heteroatoms. The lowest BCUT2D eigenvalue weighted by Crippen LogP contribution is -2.55. The Balaban J connectivity index is 2.62. The Bertz CT molecular complexity index is 476. The zero-order valence-corrected chi connectivity index (χ0v) is 10.1. The van der Waals surface area contributed by atoms with Gasteiger partial charge in [-0.15, -0.1) is 0 Å². The maximum absolute atomic E-state index is 12.2. The molecule has 0 aromatic rings. The minimum atomic E-state index is -1.81. The molecule has 0 aromatic heterocycles. The molecule has 0 amide bonds. The maximum atomic E-state index is 12.2. The molecule has 2 aliphatic rings. The summed E-state index contributed by atoms with van der Waals surface area (Å²) in [5.41, 5.74) is -1.81. The highest BCUT2D eigenvalue weighted by Crippen LogP contribution is 2.45. The second-order valence-corrected chi connectivity index (χ2v) is 4.50. The van der Waals surface area contributed by atoms with Gasteiger partial charge in [0, 0.05) is 5.92 Å². The fraction of sp³-hybridized carbons (Fsp3) is 0.462. The lowest BCUT2D eigenvalue weighted by molar-refractivity contribution is -0.160. The fourth-order valence-electron chi connectivity index (χ4n) is 2.57. The third-order valence-corrected chi connectivity index (χ3v) is 3.49. The van der Waals surface area contributed by atoms with Gasteiger partial charge in [0.2, 0.25) is 0 Å². The molecule has 5 nitrogen and oxygen atoms in total. The first-order valence-corrected chi connectivity index (χ1v) is 5.74. The first-order valence-electron chi connectivity index (χ1n) is 5.74. The Morgan fingerprint density at radius 2 is 2.06 bits per heavy atom. The molecule has 0 radical (unpaired) electrons. The molecule has 0 aromatic carbocycles. The summed E-state index contributed by atoms with van der Waals surface area (Å²) in [6.45, 7) is 3.18. The molecule has 4 atom stereocenters. The molecule has 0 unspecified atom stereocenters. The summed E-state index contributed by atoms with van der Waals surface area (Å²) in [7, 11) is 0. The summed E-state index contributed by atoms with van der Waals surface area (Å²) < 4.78 is 4.89. The van der Waals surface area contributed by atoms with Crippen molar-refractivity contribution in [1.82, 2.24) is 0 Å². The van der Waals surface area contributed by atoms with Crippen molar-refractivity contribution in [2.45, 2.75) is 26.1 Å². The van der Waals surface area contributed by atoms with E-state index in [2.05, 4.69) is 0 Å². The van der Waals surface area contributed by atoms with Crippen molar-refractivity contribution >= 4 is 17.5 Å². The van der Waals surface area contributed by atoms with Crippen molar-refractivity contribution in [3.8, 4) is 0 Å². The van der Waals surface area contributed by atoms with Gasteiger partial charge in [-0.3, -0.25) is 14.4 Å². The van der Waals surface area contributed by atoms with E-state index in [4.69, 9.17) is 4.74 Å². The number of Topliss-reactive ketones (excluding diaryl/α,β-unsaturated/α-hetero) is 1. The number of hydrogen-bond acceptors (Lipinski definition) is 5. The minimum Gasteiger partial charge on any atom is -0.454 e. The first-order chi connectivity index (χ1) is 8.46. The van der Waals surface area contributed by atoms with Crippen LogP contribution in [0.4, 0.5) is 0 Å². The first kappa shape index (κ1) is 12.7. The number of ether oxygens (including phenoxy) is 1. The van der Waals surface area contributed by atoms with Crippen LogP contribution in [0.1, 0.15) is 13.8 Å². The largest absolute Gasteiger partial charge is 0.454 e. The van der Waals surface area contributed by atoms with Gasteiger partial charge in [0.05, 0.1) is 0 Å². The number of allylic oxidation sites excluding steroid dienone is 3. The van der Waals surface area contributed by atoms with E-state index in [1.165, 1.54) is 19.1 Å². The Morgan fingerprint density at radius 3 is 2.56 bits per heavy atom. The van der Waals surface area contributed by atoms with Crippen LogP contribution in [0, 0.1) is 11.3 Å². The molecular weight excluding hydrogens is 236 g/mol. The number of aliphatic hydroxyl groups excluding tert-OH is 1. The molecule has 96 valence electrons. The van der Waals surface area contributed by atoms with E-state index in [1.54, 1.807) is 19.1 Å². The smallest absolute Gasteiger partial charge is 0.324 e. The van der Waals surface area contributed by atoms with Gasteiger partial charge in [0.15, 0.2) is 23.1 Å². The number of hydrogen-bond donors (Lipinski definition) is 1. The van der Waals surface area contributed by atoms with E-state index < -0.39 is 41.1 Å². The number of carbonyl (C=O) groups excluding carboxylic acids is 3. The van der Waals surface area contributed by atoms with E-state index in [9.17, 15) is 19.5 Å². The Hall–Kier alpha value is -1.75. The highest BCUT2D eigenvalue weighted by molar-refractivity contribution is 6.17. The average molecular weight is 250 g/mol. The number of aliphatic hydroxyl groups is 1. The summed E-state index contributed by atoms with van der Waals surface area (Å²) in [6.07, 6.45) is 3.34. The van der Waals surface area contributed by atoms with E-state index in [0.29, 0.717) is 0 Å². The topological polar surface area (TPSA) is 80.7 Å². The van der Waals surface area contributed by atoms with Crippen molar-refractivity contribution in [1.29, 1.82) is 0 Å². The van der Waals surface area contributed by atoms with Gasteiger partial charge in [0.1, 0.15) is 6.10 Å². The summed E-state index contributed by atoms with van der Waals surface area (Å²) in [4.78, 5) is 35.8. The molecule has 1 heterocycles. The zero-order chi connectivity index (χ0) is 13.5. The maximum Gasteiger partial charge on any atom is 0.324 e. The van der Waals surface area contributed by atoms with Gasteiger partial charge in [-0.2, -0.15) is 0 Å². The average Bonchev–Trinajstić information content (AvgIpc) is 2.54. The number of rotatable bonds is 1. The lowest BCUT2D eigenvalue weighted by atomic mass is 9.64. The van der Waals surface area contributed by atoms with Gasteiger partial charge in [0.25, 0.3) is 0 Å². The third kappa shape index (κ3) is 1.40. The van der Waals surface area contributed by atoms with Crippen molar-refractivity contribution in [3.63, 3.8) is 0 Å². The molecule has 1 saturated heterocycles. The predicted molar refractivity (Wildman–Crippen MR) is 61.5 cm³/mol. The van der Waals surface area contributed by atoms with Crippen LogP contribution >= 0.6 is 0 Å². The minimum absolute atomic E-state index is 0.541. The number of ketones is 2. The molecule has 1 spiro atoms. The normalized spacial score (nSPS) is 39.9. The Kier molecular flexibility index (Phi) is 2.94. The van der Waals surface area contributed by atoms with E-state index in [-0.39, 0.29) is 0 Å². The second-order valence-electron chi connectivity index (χ2n) is 4.50. The van der Waals surface area contributed by atoms with Gasteiger partial charge in [-0.1, -0.05) is 18.2 Å². The molecule has 18 heavy (non-hydrogen) atoms. The number of esters is 1. The van der Waals surface area contributed by atoms with Crippen LogP contribution in [0.2, 0.25) is 0 Å². The van der Waals surface area contributed by atoms with Crippen LogP contribution in [-0.4, -0.2) is 34.9 Å². The van der Waals surface area contributed by atoms with Gasteiger partial charge < -0.3 is 9.84 Å². The van der Waals surface area contributed by atoms with Gasteiger partial charge >= 0.3 is 5.97 Å². The highest BCUT2D eigenvalue weighted by Gasteiger charge is 2.65. The molecule has 0 bridgehead atoms. The van der Waals surface area contributed by atoms with E-state index >= 15 is 0 Å². The summed E-state index contributed by atoms with van der Waals surface area (Å²) in [6, 6.07) is 0. The summed E-state index contributed by atoms with van der Waals surface area (Å²) in [5, 5.41) is 10.0. The highest BCUT2D eigenvalue weighted by atomic mass is 16.6. The summed E-state index contributed by atoms with van der Waals surface area (Å²) >= 11 is 0. The zero-order valence-electron chi connectivity index (χ0n) is 10.1. The van der Waals surface area contributed by atoms with Crippen molar-refractivity contribution in [3.05, 3.63) is 24.3 Å². The van der Waals surface area contributed by atoms with E-state index in [0.717, 1.165) is 0 Å². The molecule has 1 aliphatic carbocycles. The van der Waals surface area contributed by atoms with Crippen LogP contribution in [0.25, 0.3) is 0 Å². The van der Waals surface area contributed by atoms with Crippen LogP contribution in [0.5, 0.6) is 0 Å². The molecule has 0 saturated carbocycles. The SMILES string of the molecule is C/C=C\[C@H]1C=CC(=O)[C@@H](O)[C@@]12C(=O)O[C@@H](C)C2=O. The molecule has 2 rings (SSSR count). The number of cyclic esters (lactones) is 1. The van der Waals surface area contributed by atoms with Gasteiger partial charge in [-0.05, 0) is 19.9 Å². The molecule has 1 fully saturated rings. The second kappa shape index (κ2) is 4.17. The fourth-order valence-corrected chi connectivity index (χ4v) is 2.57. The Labute approximate surface area is 104 Å². The van der Waals surface area contributed by atoms with Crippen molar-refractivity contribution in [2.75, 3.05) is 0 Å². The van der Waals surface area contributed by atoms with E-state index in [1.807, 2.05) is 0 Å². The number of carbonyl (C=O) groups is 3.